The van der Waals surface area contributed by atoms with Gasteiger partial charge in [-0.1, -0.05) is 41.6 Å². The molecule has 4 aromatic rings. The lowest BCUT2D eigenvalue weighted by molar-refractivity contribution is 0.102. The molecule has 2 aromatic carbocycles. The summed E-state index contributed by atoms with van der Waals surface area (Å²) in [5.74, 6) is -0.290. The van der Waals surface area contributed by atoms with Crippen molar-refractivity contribution in [3.63, 3.8) is 0 Å². The Balaban J connectivity index is 1.70. The van der Waals surface area contributed by atoms with Gasteiger partial charge < -0.3 is 0 Å². The van der Waals surface area contributed by atoms with Gasteiger partial charge in [0.2, 0.25) is 0 Å². The third-order valence-electron chi connectivity index (χ3n) is 4.62. The first-order valence-corrected chi connectivity index (χ1v) is 11.5. The molecule has 0 fully saturated rings. The Morgan fingerprint density at radius 1 is 1.19 bits per heavy atom. The Labute approximate surface area is 191 Å². The fourth-order valence-electron chi connectivity index (χ4n) is 3.10. The molecule has 8 heteroatoms. The molecule has 0 unspecified atom stereocenters. The fraction of sp³-hybridized carbons (Fsp3) is 0.0870. The molecule has 0 spiro atoms. The standard InChI is InChI=1S/C23H16ClFN2O2S2/c1-2-11-27-22(29)20-18(14-5-9-17(25)10-6-14)12-30-21(20)26-23(27)31-13-19(28)15-3-7-16(24)8-4-15/h2-10,12H,1,11,13H2. The van der Waals surface area contributed by atoms with E-state index in [1.807, 2.05) is 5.38 Å². The van der Waals surface area contributed by atoms with Crippen molar-refractivity contribution in [1.29, 1.82) is 0 Å². The summed E-state index contributed by atoms with van der Waals surface area (Å²) in [5.41, 5.74) is 1.79. The zero-order valence-electron chi connectivity index (χ0n) is 16.2. The number of carbonyl (C=O) groups is 1. The molecule has 2 heterocycles. The van der Waals surface area contributed by atoms with Gasteiger partial charge in [0.15, 0.2) is 10.9 Å². The zero-order chi connectivity index (χ0) is 22.0. The predicted molar refractivity (Wildman–Crippen MR) is 126 cm³/mol. The number of fused-ring (bicyclic) bond motifs is 1. The smallest absolute Gasteiger partial charge is 0.263 e. The Morgan fingerprint density at radius 3 is 2.58 bits per heavy atom. The molecule has 31 heavy (non-hydrogen) atoms. The number of benzene rings is 2. The molecule has 4 nitrogen and oxygen atoms in total. The Bertz CT molecular complexity index is 1330. The van der Waals surface area contributed by atoms with Crippen molar-refractivity contribution in [3.8, 4) is 11.1 Å². The van der Waals surface area contributed by atoms with Crippen LogP contribution in [-0.2, 0) is 6.54 Å². The minimum Gasteiger partial charge on any atom is -0.293 e. The molecule has 0 amide bonds. The minimum atomic E-state index is -0.338. The van der Waals surface area contributed by atoms with E-state index in [0.29, 0.717) is 31.5 Å². The first kappa shape index (κ1) is 21.5. The molecule has 0 aliphatic rings. The molecule has 0 bridgehead atoms. The summed E-state index contributed by atoms with van der Waals surface area (Å²) >= 11 is 8.43. The number of rotatable bonds is 7. The van der Waals surface area contributed by atoms with Gasteiger partial charge in [-0.3, -0.25) is 14.2 Å². The normalized spacial score (nSPS) is 11.0. The maximum absolute atomic E-state index is 13.3. The summed E-state index contributed by atoms with van der Waals surface area (Å²) in [6.07, 6.45) is 1.62. The molecule has 0 aliphatic heterocycles. The second-order valence-electron chi connectivity index (χ2n) is 6.65. The van der Waals surface area contributed by atoms with E-state index in [4.69, 9.17) is 11.6 Å². The van der Waals surface area contributed by atoms with E-state index >= 15 is 0 Å². The van der Waals surface area contributed by atoms with Crippen molar-refractivity contribution in [2.45, 2.75) is 11.7 Å². The summed E-state index contributed by atoms with van der Waals surface area (Å²) in [4.78, 5) is 31.1. The molecule has 0 atom stereocenters. The van der Waals surface area contributed by atoms with Gasteiger partial charge in [-0.15, -0.1) is 17.9 Å². The van der Waals surface area contributed by atoms with Crippen LogP contribution in [0.4, 0.5) is 4.39 Å². The van der Waals surface area contributed by atoms with Crippen LogP contribution in [0.3, 0.4) is 0 Å². The Hall–Kier alpha value is -2.74. The number of halogens is 2. The van der Waals surface area contributed by atoms with Crippen molar-refractivity contribution in [1.82, 2.24) is 9.55 Å². The highest BCUT2D eigenvalue weighted by Crippen LogP contribution is 2.32. The molecular formula is C23H16ClFN2O2S2. The fourth-order valence-corrected chi connectivity index (χ4v) is 5.11. The number of ketones is 1. The van der Waals surface area contributed by atoms with E-state index in [1.165, 1.54) is 39.8 Å². The van der Waals surface area contributed by atoms with Crippen LogP contribution >= 0.6 is 34.7 Å². The third kappa shape index (κ3) is 4.49. The lowest BCUT2D eigenvalue weighted by Crippen LogP contribution is -2.23. The zero-order valence-corrected chi connectivity index (χ0v) is 18.6. The van der Waals surface area contributed by atoms with E-state index in [-0.39, 0.29) is 29.5 Å². The highest BCUT2D eigenvalue weighted by molar-refractivity contribution is 7.99. The summed E-state index contributed by atoms with van der Waals surface area (Å²) in [5, 5.41) is 3.34. The number of thioether (sulfide) groups is 1. The predicted octanol–water partition coefficient (Wildman–Crippen LogP) is 6.08. The molecule has 156 valence electrons. The summed E-state index contributed by atoms with van der Waals surface area (Å²) < 4.78 is 14.8. The Morgan fingerprint density at radius 2 is 1.90 bits per heavy atom. The number of hydrogen-bond donors (Lipinski definition) is 0. The largest absolute Gasteiger partial charge is 0.293 e. The van der Waals surface area contributed by atoms with E-state index in [0.717, 1.165) is 5.56 Å². The van der Waals surface area contributed by atoms with Crippen molar-refractivity contribution in [2.75, 3.05) is 5.75 Å². The van der Waals surface area contributed by atoms with Crippen molar-refractivity contribution < 1.29 is 9.18 Å². The number of hydrogen-bond acceptors (Lipinski definition) is 5. The molecule has 0 radical (unpaired) electrons. The van der Waals surface area contributed by atoms with Crippen LogP contribution in [0.15, 0.2) is 76.5 Å². The van der Waals surface area contributed by atoms with Crippen LogP contribution in [0, 0.1) is 5.82 Å². The van der Waals surface area contributed by atoms with E-state index in [9.17, 15) is 14.0 Å². The second kappa shape index (κ2) is 9.18. The summed E-state index contributed by atoms with van der Waals surface area (Å²) in [7, 11) is 0. The van der Waals surface area contributed by atoms with Gasteiger partial charge in [-0.2, -0.15) is 0 Å². The molecular weight excluding hydrogens is 455 g/mol. The first-order chi connectivity index (χ1) is 15.0. The number of allylic oxidation sites excluding steroid dienone is 1. The summed E-state index contributed by atoms with van der Waals surface area (Å²) in [6.45, 7) is 3.99. The summed E-state index contributed by atoms with van der Waals surface area (Å²) in [6, 6.07) is 12.7. The number of Topliss-reactive ketones (excluding diaryl/α,β-unsaturated/α-hetero) is 1. The van der Waals surface area contributed by atoms with Crippen molar-refractivity contribution >= 4 is 50.7 Å². The molecule has 4 rings (SSSR count). The third-order valence-corrected chi connectivity index (χ3v) is 6.72. The molecule has 2 aromatic heterocycles. The van der Waals surface area contributed by atoms with Crippen LogP contribution in [0.1, 0.15) is 10.4 Å². The van der Waals surface area contributed by atoms with Gasteiger partial charge in [0.05, 0.1) is 11.1 Å². The lowest BCUT2D eigenvalue weighted by Gasteiger charge is -2.10. The Kier molecular flexibility index (Phi) is 6.36. The van der Waals surface area contributed by atoms with Crippen LogP contribution in [0.5, 0.6) is 0 Å². The van der Waals surface area contributed by atoms with E-state index in [2.05, 4.69) is 11.6 Å². The molecule has 0 aliphatic carbocycles. The minimum absolute atomic E-state index is 0.0839. The van der Waals surface area contributed by atoms with E-state index in [1.54, 1.807) is 42.5 Å². The maximum Gasteiger partial charge on any atom is 0.263 e. The van der Waals surface area contributed by atoms with Crippen LogP contribution in [0.25, 0.3) is 21.3 Å². The van der Waals surface area contributed by atoms with Crippen molar-refractivity contribution in [2.24, 2.45) is 0 Å². The highest BCUT2D eigenvalue weighted by atomic mass is 35.5. The second-order valence-corrected chi connectivity index (χ2v) is 8.89. The lowest BCUT2D eigenvalue weighted by atomic mass is 10.1. The number of thiophene rings is 1. The van der Waals surface area contributed by atoms with Gasteiger partial charge >= 0.3 is 0 Å². The SMILES string of the molecule is C=CCn1c(SCC(=O)c2ccc(Cl)cc2)nc2scc(-c3ccc(F)cc3)c2c1=O. The number of aromatic nitrogens is 2. The van der Waals surface area contributed by atoms with Crippen molar-refractivity contribution in [3.05, 3.63) is 93.3 Å². The van der Waals surface area contributed by atoms with Gasteiger partial charge in [0.1, 0.15) is 10.6 Å². The average Bonchev–Trinajstić information content (AvgIpc) is 3.19. The van der Waals surface area contributed by atoms with Crippen LogP contribution < -0.4 is 5.56 Å². The van der Waals surface area contributed by atoms with Gasteiger partial charge in [0, 0.05) is 28.1 Å². The number of nitrogens with zero attached hydrogens (tertiary/aromatic N) is 2. The first-order valence-electron chi connectivity index (χ1n) is 9.28. The topological polar surface area (TPSA) is 52.0 Å². The van der Waals surface area contributed by atoms with Gasteiger partial charge in [-0.25, -0.2) is 9.37 Å². The molecule has 0 saturated heterocycles. The highest BCUT2D eigenvalue weighted by Gasteiger charge is 2.18. The monoisotopic (exact) mass is 470 g/mol. The molecule has 0 N–H and O–H groups in total. The van der Waals surface area contributed by atoms with Crippen LogP contribution in [-0.4, -0.2) is 21.1 Å². The van der Waals surface area contributed by atoms with E-state index < -0.39 is 0 Å². The quantitative estimate of drug-likeness (QED) is 0.142. The molecule has 0 saturated carbocycles. The van der Waals surface area contributed by atoms with Gasteiger partial charge in [0.25, 0.3) is 5.56 Å². The van der Waals surface area contributed by atoms with Crippen LogP contribution in [0.2, 0.25) is 5.02 Å². The number of carbonyl (C=O) groups excluding carboxylic acids is 1. The van der Waals surface area contributed by atoms with Gasteiger partial charge in [-0.05, 0) is 42.0 Å². The average molecular weight is 471 g/mol. The maximum atomic E-state index is 13.3.